The lowest BCUT2D eigenvalue weighted by Crippen LogP contribution is -2.46. The van der Waals surface area contributed by atoms with Gasteiger partial charge in [0.1, 0.15) is 11.5 Å². The molecule has 1 fully saturated rings. The van der Waals surface area contributed by atoms with Crippen LogP contribution in [-0.2, 0) is 6.54 Å². The lowest BCUT2D eigenvalue weighted by atomic mass is 10.1. The smallest absolute Gasteiger partial charge is 0.198 e. The Morgan fingerprint density at radius 3 is 2.24 bits per heavy atom. The molecule has 1 N–H and O–H groups in total. The highest BCUT2D eigenvalue weighted by molar-refractivity contribution is 5.90. The van der Waals surface area contributed by atoms with E-state index in [1.54, 1.807) is 20.3 Å². The van der Waals surface area contributed by atoms with Gasteiger partial charge in [0.15, 0.2) is 5.43 Å². The van der Waals surface area contributed by atoms with Gasteiger partial charge < -0.3 is 19.4 Å². The second-order valence-corrected chi connectivity index (χ2v) is 7.38. The lowest BCUT2D eigenvalue weighted by Gasteiger charge is -2.36. The zero-order chi connectivity index (χ0) is 20.4. The number of para-hydroxylation sites is 1. The number of piperazine rings is 1. The van der Waals surface area contributed by atoms with Crippen molar-refractivity contribution in [3.8, 4) is 11.5 Å². The maximum absolute atomic E-state index is 13.4. The summed E-state index contributed by atoms with van der Waals surface area (Å²) >= 11 is 0. The number of fused-ring (bicyclic) bond motifs is 1. The molecule has 6 heteroatoms. The van der Waals surface area contributed by atoms with Gasteiger partial charge in [0.25, 0.3) is 0 Å². The number of ether oxygens (including phenoxy) is 2. The van der Waals surface area contributed by atoms with Crippen LogP contribution in [0, 0.1) is 6.92 Å². The predicted molar refractivity (Wildman–Crippen MR) is 116 cm³/mol. The molecule has 4 rings (SSSR count). The molecule has 0 saturated carbocycles. The van der Waals surface area contributed by atoms with Crippen LogP contribution in [0.1, 0.15) is 11.3 Å². The molecule has 0 aliphatic carbocycles. The van der Waals surface area contributed by atoms with E-state index in [2.05, 4.69) is 39.0 Å². The number of anilines is 1. The maximum atomic E-state index is 13.4. The minimum atomic E-state index is 0.0116. The van der Waals surface area contributed by atoms with Gasteiger partial charge in [-0.25, -0.2) is 0 Å². The monoisotopic (exact) mass is 393 g/mol. The normalized spacial score (nSPS) is 14.9. The van der Waals surface area contributed by atoms with Gasteiger partial charge in [0.05, 0.1) is 25.1 Å². The van der Waals surface area contributed by atoms with Gasteiger partial charge in [-0.15, -0.1) is 0 Å². The average molecular weight is 393 g/mol. The molecule has 0 spiro atoms. The van der Waals surface area contributed by atoms with Gasteiger partial charge in [0, 0.05) is 49.7 Å². The first-order valence-corrected chi connectivity index (χ1v) is 9.91. The molecule has 2 heterocycles. The molecule has 2 aromatic carbocycles. The van der Waals surface area contributed by atoms with E-state index in [1.165, 1.54) is 5.69 Å². The van der Waals surface area contributed by atoms with Crippen molar-refractivity contribution in [3.63, 3.8) is 0 Å². The zero-order valence-electron chi connectivity index (χ0n) is 17.2. The minimum Gasteiger partial charge on any atom is -0.496 e. The number of benzene rings is 2. The standard InChI is InChI=1S/C23H27N3O3/c1-16-18(15-25-11-13-26(14-12-25)17-7-5-4-6-8-17)23(27)21-19(28-2)9-10-20(29-3)22(21)24-16/h4-10H,11-15H2,1-3H3,(H,24,27). The third-order valence-corrected chi connectivity index (χ3v) is 5.71. The highest BCUT2D eigenvalue weighted by Crippen LogP contribution is 2.30. The summed E-state index contributed by atoms with van der Waals surface area (Å²) in [5, 5.41) is 0.551. The van der Waals surface area contributed by atoms with Gasteiger partial charge in [-0.2, -0.15) is 0 Å². The quantitative estimate of drug-likeness (QED) is 0.722. The molecule has 1 aliphatic heterocycles. The van der Waals surface area contributed by atoms with Gasteiger partial charge in [-0.1, -0.05) is 18.2 Å². The molecular weight excluding hydrogens is 366 g/mol. The van der Waals surface area contributed by atoms with Crippen LogP contribution in [0.4, 0.5) is 5.69 Å². The van der Waals surface area contributed by atoms with E-state index in [-0.39, 0.29) is 5.43 Å². The van der Waals surface area contributed by atoms with E-state index in [0.29, 0.717) is 28.9 Å². The molecular formula is C23H27N3O3. The van der Waals surface area contributed by atoms with Gasteiger partial charge in [0.2, 0.25) is 0 Å². The predicted octanol–water partition coefficient (Wildman–Crippen LogP) is 3.18. The summed E-state index contributed by atoms with van der Waals surface area (Å²) in [6.45, 7) is 6.31. The van der Waals surface area contributed by atoms with E-state index >= 15 is 0 Å². The molecule has 0 unspecified atom stereocenters. The number of methoxy groups -OCH3 is 2. The molecule has 1 aliphatic rings. The fourth-order valence-corrected chi connectivity index (χ4v) is 4.06. The molecule has 0 radical (unpaired) electrons. The topological polar surface area (TPSA) is 57.8 Å². The lowest BCUT2D eigenvalue weighted by molar-refractivity contribution is 0.248. The van der Waals surface area contributed by atoms with Crippen LogP contribution in [0.2, 0.25) is 0 Å². The van der Waals surface area contributed by atoms with Crippen LogP contribution in [0.3, 0.4) is 0 Å². The van der Waals surface area contributed by atoms with Crippen LogP contribution in [-0.4, -0.2) is 50.3 Å². The van der Waals surface area contributed by atoms with Gasteiger partial charge in [-0.05, 0) is 31.2 Å². The average Bonchev–Trinajstić information content (AvgIpc) is 2.77. The zero-order valence-corrected chi connectivity index (χ0v) is 17.2. The Morgan fingerprint density at radius 2 is 1.59 bits per heavy atom. The first-order chi connectivity index (χ1) is 14.1. The summed E-state index contributed by atoms with van der Waals surface area (Å²) in [5.41, 5.74) is 3.62. The fourth-order valence-electron chi connectivity index (χ4n) is 4.06. The van der Waals surface area contributed by atoms with Crippen molar-refractivity contribution >= 4 is 16.6 Å². The third kappa shape index (κ3) is 3.68. The van der Waals surface area contributed by atoms with Crippen molar-refractivity contribution in [2.24, 2.45) is 0 Å². The Morgan fingerprint density at radius 1 is 0.931 bits per heavy atom. The fraction of sp³-hybridized carbons (Fsp3) is 0.348. The number of H-pyrrole nitrogens is 1. The molecule has 1 saturated heterocycles. The summed E-state index contributed by atoms with van der Waals surface area (Å²) in [4.78, 5) is 21.5. The summed E-state index contributed by atoms with van der Waals surface area (Å²) < 4.78 is 10.9. The molecule has 1 aromatic heterocycles. The molecule has 0 bridgehead atoms. The number of aromatic nitrogens is 1. The third-order valence-electron chi connectivity index (χ3n) is 5.71. The molecule has 3 aromatic rings. The van der Waals surface area contributed by atoms with E-state index in [0.717, 1.165) is 37.4 Å². The van der Waals surface area contributed by atoms with Crippen LogP contribution in [0.15, 0.2) is 47.3 Å². The largest absolute Gasteiger partial charge is 0.496 e. The van der Waals surface area contributed by atoms with Crippen LogP contribution < -0.4 is 19.8 Å². The Kier molecular flexibility index (Phi) is 5.45. The van der Waals surface area contributed by atoms with E-state index < -0.39 is 0 Å². The van der Waals surface area contributed by atoms with Gasteiger partial charge in [-0.3, -0.25) is 9.69 Å². The first kappa shape index (κ1) is 19.3. The van der Waals surface area contributed by atoms with Crippen LogP contribution >= 0.6 is 0 Å². The highest BCUT2D eigenvalue weighted by atomic mass is 16.5. The highest BCUT2D eigenvalue weighted by Gasteiger charge is 2.21. The molecule has 0 atom stereocenters. The number of rotatable bonds is 5. The van der Waals surface area contributed by atoms with Crippen LogP contribution in [0.5, 0.6) is 11.5 Å². The molecule has 0 amide bonds. The number of nitrogens with one attached hydrogen (secondary N) is 1. The SMILES string of the molecule is COc1ccc(OC)c2c(=O)c(CN3CCN(c4ccccc4)CC3)c(C)[nH]c12. The number of hydrogen-bond acceptors (Lipinski definition) is 5. The summed E-state index contributed by atoms with van der Waals surface area (Å²) in [7, 11) is 3.19. The van der Waals surface area contributed by atoms with E-state index in [9.17, 15) is 4.79 Å². The van der Waals surface area contributed by atoms with Crippen molar-refractivity contribution in [2.45, 2.75) is 13.5 Å². The Balaban J connectivity index is 1.60. The number of pyridine rings is 1. The van der Waals surface area contributed by atoms with Crippen molar-refractivity contribution < 1.29 is 9.47 Å². The second-order valence-electron chi connectivity index (χ2n) is 7.38. The maximum Gasteiger partial charge on any atom is 0.198 e. The van der Waals surface area contributed by atoms with Crippen molar-refractivity contribution in [1.82, 2.24) is 9.88 Å². The second kappa shape index (κ2) is 8.17. The number of hydrogen-bond donors (Lipinski definition) is 1. The van der Waals surface area contributed by atoms with E-state index in [1.807, 2.05) is 19.1 Å². The number of nitrogens with zero attached hydrogens (tertiary/aromatic N) is 2. The number of aryl methyl sites for hydroxylation is 1. The summed E-state index contributed by atoms with van der Waals surface area (Å²) in [5.74, 6) is 1.21. The molecule has 6 nitrogen and oxygen atoms in total. The van der Waals surface area contributed by atoms with Gasteiger partial charge >= 0.3 is 0 Å². The Labute approximate surface area is 170 Å². The summed E-state index contributed by atoms with van der Waals surface area (Å²) in [6.07, 6.45) is 0. The molecule has 152 valence electrons. The number of aromatic amines is 1. The molecule has 29 heavy (non-hydrogen) atoms. The van der Waals surface area contributed by atoms with Crippen molar-refractivity contribution in [1.29, 1.82) is 0 Å². The first-order valence-electron chi connectivity index (χ1n) is 9.91. The van der Waals surface area contributed by atoms with Crippen molar-refractivity contribution in [3.05, 3.63) is 63.9 Å². The van der Waals surface area contributed by atoms with E-state index in [4.69, 9.17) is 9.47 Å². The van der Waals surface area contributed by atoms with Crippen molar-refractivity contribution in [2.75, 3.05) is 45.3 Å². The Hall–Kier alpha value is -2.99. The summed E-state index contributed by atoms with van der Waals surface area (Å²) in [6, 6.07) is 14.1. The van der Waals surface area contributed by atoms with Crippen LogP contribution in [0.25, 0.3) is 10.9 Å². The minimum absolute atomic E-state index is 0.0116. The Bertz CT molecular complexity index is 1050.